The van der Waals surface area contributed by atoms with Gasteiger partial charge in [-0.2, -0.15) is 5.10 Å². The monoisotopic (exact) mass is 636 g/mol. The Morgan fingerprint density at radius 2 is 1.76 bits per heavy atom. The Labute approximate surface area is 271 Å². The van der Waals surface area contributed by atoms with E-state index in [4.69, 9.17) is 9.84 Å². The Balaban J connectivity index is 1.07. The Kier molecular flexibility index (Phi) is 9.34. The number of ether oxygens (including phenoxy) is 1. The third-order valence-electron chi connectivity index (χ3n) is 7.49. The molecule has 46 heavy (non-hydrogen) atoms. The molecule has 6 rings (SSSR count). The predicted molar refractivity (Wildman–Crippen MR) is 180 cm³/mol. The molecule has 1 fully saturated rings. The van der Waals surface area contributed by atoms with Crippen molar-refractivity contribution in [2.75, 3.05) is 22.1 Å². The van der Waals surface area contributed by atoms with Gasteiger partial charge in [-0.05, 0) is 73.6 Å². The molecule has 2 N–H and O–H groups in total. The molecule has 0 aliphatic carbocycles. The summed E-state index contributed by atoms with van der Waals surface area (Å²) in [5.74, 6) is 1.70. The molecule has 0 atom stereocenters. The van der Waals surface area contributed by atoms with Crippen LogP contribution in [-0.4, -0.2) is 43.2 Å². The number of aromatic nitrogens is 5. The summed E-state index contributed by atoms with van der Waals surface area (Å²) in [6.45, 7) is 7.00. The molecule has 2 aromatic carbocycles. The van der Waals surface area contributed by atoms with E-state index in [0.717, 1.165) is 64.7 Å². The second-order valence-corrected chi connectivity index (χ2v) is 12.6. The highest BCUT2D eigenvalue weighted by atomic mass is 32.1. The largest absolute Gasteiger partial charge is 0.424 e. The van der Waals surface area contributed by atoms with E-state index < -0.39 is 6.03 Å². The molecule has 0 radical (unpaired) electrons. The van der Waals surface area contributed by atoms with Crippen molar-refractivity contribution < 1.29 is 14.3 Å². The number of carbonyl (C=O) groups is 2. The number of hydrogen-bond acceptors (Lipinski definition) is 8. The lowest BCUT2D eigenvalue weighted by molar-refractivity contribution is -0.118. The molecule has 1 aliphatic heterocycles. The molecule has 12 heteroatoms. The van der Waals surface area contributed by atoms with Crippen LogP contribution in [0.25, 0.3) is 16.1 Å². The summed E-state index contributed by atoms with van der Waals surface area (Å²) < 4.78 is 7.60. The molecule has 4 heterocycles. The normalized spacial score (nSPS) is 13.5. The van der Waals surface area contributed by atoms with Crippen molar-refractivity contribution in [1.29, 1.82) is 0 Å². The van der Waals surface area contributed by atoms with Crippen LogP contribution in [-0.2, 0) is 11.2 Å². The number of hydrogen-bond donors (Lipinski definition) is 2. The van der Waals surface area contributed by atoms with Crippen LogP contribution >= 0.6 is 11.3 Å². The van der Waals surface area contributed by atoms with Crippen molar-refractivity contribution in [2.45, 2.75) is 52.9 Å². The Morgan fingerprint density at radius 1 is 0.978 bits per heavy atom. The standard InChI is InChI=1S/C34H36N8O3S/c1-22(2)17-25-18-30(42(40-25)28-10-7-6-9-23(28)3)39-32(44)38-26-19-35-33(36-20-26)45-27-14-12-24(13-15-27)29-21-37-34(46-29)41-16-8-4-5-11-31(41)43/h6-7,9-10,12-15,18-22H,4-5,8,11,16-17H2,1-3H3,(H2,38,39,44). The summed E-state index contributed by atoms with van der Waals surface area (Å²) >= 11 is 1.51. The maximum Gasteiger partial charge on any atom is 0.324 e. The van der Waals surface area contributed by atoms with E-state index in [1.165, 1.54) is 23.7 Å². The predicted octanol–water partition coefficient (Wildman–Crippen LogP) is 7.64. The van der Waals surface area contributed by atoms with E-state index in [2.05, 4.69) is 39.4 Å². The van der Waals surface area contributed by atoms with Gasteiger partial charge in [-0.1, -0.05) is 49.8 Å². The van der Waals surface area contributed by atoms with Gasteiger partial charge in [0.1, 0.15) is 11.6 Å². The third-order valence-corrected chi connectivity index (χ3v) is 8.56. The SMILES string of the molecule is Cc1ccccc1-n1nc(CC(C)C)cc1NC(=O)Nc1cnc(Oc2ccc(-c3cnc(N4CCCCCC4=O)s3)cc2)nc1. The fraction of sp³-hybridized carbons (Fsp3) is 0.294. The minimum Gasteiger partial charge on any atom is -0.424 e. The summed E-state index contributed by atoms with van der Waals surface area (Å²) in [6, 6.07) is 17.0. The molecule has 3 amide bonds. The minimum atomic E-state index is -0.440. The van der Waals surface area contributed by atoms with Crippen LogP contribution in [0.4, 0.5) is 21.4 Å². The number of nitrogens with one attached hydrogen (secondary N) is 2. The van der Waals surface area contributed by atoms with Gasteiger partial charge in [0.2, 0.25) is 5.91 Å². The van der Waals surface area contributed by atoms with Crippen LogP contribution in [0.1, 0.15) is 50.8 Å². The number of urea groups is 1. The fourth-order valence-corrected chi connectivity index (χ4v) is 6.20. The van der Waals surface area contributed by atoms with E-state index >= 15 is 0 Å². The smallest absolute Gasteiger partial charge is 0.324 e. The summed E-state index contributed by atoms with van der Waals surface area (Å²) in [6.07, 6.45) is 9.16. The third kappa shape index (κ3) is 7.40. The second kappa shape index (κ2) is 13.9. The first-order chi connectivity index (χ1) is 22.3. The van der Waals surface area contributed by atoms with Gasteiger partial charge in [-0.3, -0.25) is 15.0 Å². The molecule has 0 spiro atoms. The van der Waals surface area contributed by atoms with Gasteiger partial charge in [0.05, 0.1) is 34.3 Å². The van der Waals surface area contributed by atoms with Gasteiger partial charge in [0.15, 0.2) is 5.13 Å². The number of carbonyl (C=O) groups excluding carboxylic acids is 2. The molecular formula is C34H36N8O3S. The molecule has 0 unspecified atom stereocenters. The molecule has 1 aliphatic rings. The Hall–Kier alpha value is -5.10. The number of nitrogens with zero attached hydrogens (tertiary/aromatic N) is 6. The van der Waals surface area contributed by atoms with Crippen LogP contribution in [0.2, 0.25) is 0 Å². The number of para-hydroxylation sites is 1. The van der Waals surface area contributed by atoms with Crippen molar-refractivity contribution in [3.8, 4) is 27.9 Å². The topological polar surface area (TPSA) is 127 Å². The van der Waals surface area contributed by atoms with Crippen molar-refractivity contribution in [2.24, 2.45) is 5.92 Å². The van der Waals surface area contributed by atoms with Crippen molar-refractivity contribution in [3.63, 3.8) is 0 Å². The maximum absolute atomic E-state index is 13.0. The number of thiazole rings is 1. The molecule has 236 valence electrons. The van der Waals surface area contributed by atoms with Crippen LogP contribution in [0.15, 0.2) is 73.2 Å². The zero-order chi connectivity index (χ0) is 32.0. The minimum absolute atomic E-state index is 0.144. The number of anilines is 3. The number of benzene rings is 2. The highest BCUT2D eigenvalue weighted by Gasteiger charge is 2.21. The van der Waals surface area contributed by atoms with E-state index in [0.29, 0.717) is 29.6 Å². The summed E-state index contributed by atoms with van der Waals surface area (Å²) in [5, 5.41) is 11.2. The number of amides is 3. The first-order valence-electron chi connectivity index (χ1n) is 15.4. The van der Waals surface area contributed by atoms with Gasteiger partial charge in [-0.15, -0.1) is 0 Å². The summed E-state index contributed by atoms with van der Waals surface area (Å²) in [4.78, 5) is 41.2. The molecule has 0 saturated carbocycles. The fourth-order valence-electron chi connectivity index (χ4n) is 5.23. The van der Waals surface area contributed by atoms with Crippen molar-refractivity contribution >= 4 is 39.9 Å². The average molecular weight is 637 g/mol. The van der Waals surface area contributed by atoms with Crippen LogP contribution < -0.4 is 20.3 Å². The number of rotatable bonds is 9. The van der Waals surface area contributed by atoms with Gasteiger partial charge >= 0.3 is 12.0 Å². The van der Waals surface area contributed by atoms with Crippen LogP contribution in [0.5, 0.6) is 11.8 Å². The lowest BCUT2D eigenvalue weighted by Crippen LogP contribution is -2.29. The van der Waals surface area contributed by atoms with Crippen molar-refractivity contribution in [1.82, 2.24) is 24.7 Å². The van der Waals surface area contributed by atoms with E-state index in [1.54, 1.807) is 10.9 Å². The Bertz CT molecular complexity index is 1810. The van der Waals surface area contributed by atoms with Gasteiger partial charge in [0, 0.05) is 25.2 Å². The maximum atomic E-state index is 13.0. The first-order valence-corrected chi connectivity index (χ1v) is 16.2. The van der Waals surface area contributed by atoms with Gasteiger partial charge in [-0.25, -0.2) is 24.4 Å². The lowest BCUT2D eigenvalue weighted by Gasteiger charge is -2.16. The molecule has 3 aromatic heterocycles. The molecule has 11 nitrogen and oxygen atoms in total. The molecule has 0 bridgehead atoms. The van der Waals surface area contributed by atoms with Crippen LogP contribution in [0.3, 0.4) is 0 Å². The summed E-state index contributed by atoms with van der Waals surface area (Å²) in [5.41, 5.74) is 4.22. The van der Waals surface area contributed by atoms with Crippen molar-refractivity contribution in [3.05, 3.63) is 84.4 Å². The summed E-state index contributed by atoms with van der Waals surface area (Å²) in [7, 11) is 0. The van der Waals surface area contributed by atoms with E-state index in [9.17, 15) is 9.59 Å². The Morgan fingerprint density at radius 3 is 2.52 bits per heavy atom. The average Bonchev–Trinajstić information content (AvgIpc) is 3.61. The van der Waals surface area contributed by atoms with Crippen LogP contribution in [0, 0.1) is 12.8 Å². The highest BCUT2D eigenvalue weighted by molar-refractivity contribution is 7.19. The number of aryl methyl sites for hydroxylation is 1. The second-order valence-electron chi connectivity index (χ2n) is 11.6. The molecule has 1 saturated heterocycles. The van der Waals surface area contributed by atoms with Gasteiger partial charge in [0.25, 0.3) is 0 Å². The van der Waals surface area contributed by atoms with Gasteiger partial charge < -0.3 is 10.1 Å². The molecule has 5 aromatic rings. The zero-order valence-electron chi connectivity index (χ0n) is 26.1. The first kappa shape index (κ1) is 30.9. The van der Waals surface area contributed by atoms with E-state index in [1.807, 2.05) is 66.4 Å². The quantitative estimate of drug-likeness (QED) is 0.170. The molecular weight excluding hydrogens is 600 g/mol. The zero-order valence-corrected chi connectivity index (χ0v) is 26.9. The van der Waals surface area contributed by atoms with E-state index in [-0.39, 0.29) is 11.9 Å². The highest BCUT2D eigenvalue weighted by Crippen LogP contribution is 2.34. The lowest BCUT2D eigenvalue weighted by atomic mass is 10.1.